The highest BCUT2D eigenvalue weighted by molar-refractivity contribution is 5.80. The maximum absolute atomic E-state index is 4.69. The van der Waals surface area contributed by atoms with Crippen LogP contribution >= 0.6 is 0 Å². The Balaban J connectivity index is 1.66. The number of benzene rings is 1. The van der Waals surface area contributed by atoms with Crippen molar-refractivity contribution in [3.05, 3.63) is 42.5 Å². The molecule has 0 atom stereocenters. The maximum atomic E-state index is 4.69. The zero-order chi connectivity index (χ0) is 16.3. The molecule has 0 amide bonds. The lowest BCUT2D eigenvalue weighted by Crippen LogP contribution is -2.42. The number of aliphatic imine (C=N–C) groups is 1. The van der Waals surface area contributed by atoms with Crippen molar-refractivity contribution in [2.24, 2.45) is 4.99 Å². The molecular weight excluding hydrogens is 284 g/mol. The molecule has 23 heavy (non-hydrogen) atoms. The van der Waals surface area contributed by atoms with Crippen molar-refractivity contribution in [2.45, 2.75) is 38.6 Å². The van der Waals surface area contributed by atoms with E-state index in [9.17, 15) is 0 Å². The van der Waals surface area contributed by atoms with E-state index in [0.717, 1.165) is 51.3 Å². The number of unbranched alkanes of at least 4 members (excludes halogenated alkanes) is 1. The Hall–Kier alpha value is -1.97. The molecule has 0 bridgehead atoms. The molecular formula is C19H30N4. The molecule has 2 rings (SSSR count). The number of anilines is 1. The van der Waals surface area contributed by atoms with E-state index < -0.39 is 0 Å². The van der Waals surface area contributed by atoms with Crippen LogP contribution in [0.1, 0.15) is 32.6 Å². The lowest BCUT2D eigenvalue weighted by molar-refractivity contribution is 0.630. The van der Waals surface area contributed by atoms with Crippen LogP contribution in [-0.2, 0) is 0 Å². The summed E-state index contributed by atoms with van der Waals surface area (Å²) in [6.45, 7) is 4.95. The number of rotatable bonds is 8. The van der Waals surface area contributed by atoms with E-state index in [1.807, 2.05) is 0 Å². The molecule has 0 spiro atoms. The minimum Gasteiger partial charge on any atom is -0.375 e. The van der Waals surface area contributed by atoms with Gasteiger partial charge in [0.2, 0.25) is 0 Å². The Bertz CT molecular complexity index is 487. The molecule has 126 valence electrons. The smallest absolute Gasteiger partial charge is 0.191 e. The highest BCUT2D eigenvalue weighted by Gasteiger charge is 2.11. The molecule has 2 N–H and O–H groups in total. The molecule has 0 fully saturated rings. The second kappa shape index (κ2) is 9.93. The second-order valence-corrected chi connectivity index (χ2v) is 6.01. The lowest BCUT2D eigenvalue weighted by Gasteiger charge is -2.19. The Morgan fingerprint density at radius 3 is 2.61 bits per heavy atom. The highest BCUT2D eigenvalue weighted by atomic mass is 15.2. The summed E-state index contributed by atoms with van der Waals surface area (Å²) in [7, 11) is 2.15. The van der Waals surface area contributed by atoms with Gasteiger partial charge in [0.05, 0.1) is 0 Å². The Kier molecular flexibility index (Phi) is 7.50. The van der Waals surface area contributed by atoms with Gasteiger partial charge >= 0.3 is 0 Å². The van der Waals surface area contributed by atoms with Crippen molar-refractivity contribution in [1.82, 2.24) is 10.6 Å². The molecule has 4 heteroatoms. The van der Waals surface area contributed by atoms with Gasteiger partial charge in [0, 0.05) is 38.4 Å². The van der Waals surface area contributed by atoms with Crippen molar-refractivity contribution in [1.29, 1.82) is 0 Å². The van der Waals surface area contributed by atoms with Crippen molar-refractivity contribution in [3.8, 4) is 0 Å². The normalized spacial score (nSPS) is 15.0. The van der Waals surface area contributed by atoms with E-state index in [-0.39, 0.29) is 0 Å². The third kappa shape index (κ3) is 6.35. The number of hydrogen-bond acceptors (Lipinski definition) is 2. The number of guanidine groups is 1. The number of nitrogens with zero attached hydrogens (tertiary/aromatic N) is 2. The van der Waals surface area contributed by atoms with Gasteiger partial charge in [-0.1, -0.05) is 30.4 Å². The zero-order valence-corrected chi connectivity index (χ0v) is 14.5. The third-order valence-electron chi connectivity index (χ3n) is 4.06. The summed E-state index contributed by atoms with van der Waals surface area (Å²) in [6, 6.07) is 11.0. The van der Waals surface area contributed by atoms with Gasteiger partial charge in [-0.3, -0.25) is 4.99 Å². The first kappa shape index (κ1) is 17.4. The molecule has 4 nitrogen and oxygen atoms in total. The van der Waals surface area contributed by atoms with Crippen LogP contribution in [0.25, 0.3) is 0 Å². The Morgan fingerprint density at radius 2 is 1.91 bits per heavy atom. The summed E-state index contributed by atoms with van der Waals surface area (Å²) in [4.78, 5) is 7.00. The first-order valence-electron chi connectivity index (χ1n) is 8.75. The largest absolute Gasteiger partial charge is 0.375 e. The van der Waals surface area contributed by atoms with Crippen molar-refractivity contribution in [2.75, 3.05) is 31.6 Å². The number of nitrogens with one attached hydrogen (secondary N) is 2. The van der Waals surface area contributed by atoms with E-state index in [1.54, 1.807) is 0 Å². The molecule has 0 aromatic heterocycles. The summed E-state index contributed by atoms with van der Waals surface area (Å²) in [6.07, 6.45) is 8.94. The van der Waals surface area contributed by atoms with Gasteiger partial charge in [-0.25, -0.2) is 0 Å². The van der Waals surface area contributed by atoms with Gasteiger partial charge in [0.15, 0.2) is 5.96 Å². The first-order valence-corrected chi connectivity index (χ1v) is 8.75. The van der Waals surface area contributed by atoms with Gasteiger partial charge in [-0.15, -0.1) is 0 Å². The second-order valence-electron chi connectivity index (χ2n) is 6.01. The van der Waals surface area contributed by atoms with Crippen molar-refractivity contribution >= 4 is 11.6 Å². The van der Waals surface area contributed by atoms with E-state index in [1.165, 1.54) is 5.69 Å². The van der Waals surface area contributed by atoms with Gasteiger partial charge in [0.1, 0.15) is 0 Å². The Morgan fingerprint density at radius 1 is 1.17 bits per heavy atom. The minimum atomic E-state index is 0.511. The quantitative estimate of drug-likeness (QED) is 0.335. The SMILES string of the molecule is CCNC(=NCCCCN(C)c1ccccc1)NC1CC=CC1. The van der Waals surface area contributed by atoms with Gasteiger partial charge in [-0.05, 0) is 44.7 Å². The minimum absolute atomic E-state index is 0.511. The molecule has 1 aliphatic carbocycles. The lowest BCUT2D eigenvalue weighted by atomic mass is 10.2. The van der Waals surface area contributed by atoms with E-state index in [2.05, 4.69) is 72.0 Å². The summed E-state index contributed by atoms with van der Waals surface area (Å²) >= 11 is 0. The fourth-order valence-corrected chi connectivity index (χ4v) is 2.71. The number of para-hydroxylation sites is 1. The number of hydrogen-bond donors (Lipinski definition) is 2. The van der Waals surface area contributed by atoms with E-state index in [4.69, 9.17) is 4.99 Å². The molecule has 0 saturated heterocycles. The van der Waals surface area contributed by atoms with Crippen LogP contribution < -0.4 is 15.5 Å². The third-order valence-corrected chi connectivity index (χ3v) is 4.06. The molecule has 0 saturated carbocycles. The molecule has 1 aliphatic rings. The van der Waals surface area contributed by atoms with E-state index >= 15 is 0 Å². The predicted octanol–water partition coefficient (Wildman–Crippen LogP) is 3.18. The maximum Gasteiger partial charge on any atom is 0.191 e. The summed E-state index contributed by atoms with van der Waals surface area (Å²) in [5, 5.41) is 6.84. The van der Waals surface area contributed by atoms with Crippen molar-refractivity contribution in [3.63, 3.8) is 0 Å². The van der Waals surface area contributed by atoms with Crippen LogP contribution in [0.15, 0.2) is 47.5 Å². The molecule has 1 aromatic carbocycles. The van der Waals surface area contributed by atoms with Gasteiger partial charge < -0.3 is 15.5 Å². The molecule has 0 unspecified atom stereocenters. The van der Waals surface area contributed by atoms with Gasteiger partial charge in [0.25, 0.3) is 0 Å². The van der Waals surface area contributed by atoms with E-state index in [0.29, 0.717) is 6.04 Å². The fraction of sp³-hybridized carbons (Fsp3) is 0.526. The summed E-state index contributed by atoms with van der Waals surface area (Å²) < 4.78 is 0. The molecule has 0 radical (unpaired) electrons. The summed E-state index contributed by atoms with van der Waals surface area (Å²) in [5.41, 5.74) is 1.28. The monoisotopic (exact) mass is 314 g/mol. The van der Waals surface area contributed by atoms with Crippen LogP contribution in [-0.4, -0.2) is 38.7 Å². The van der Waals surface area contributed by atoms with Crippen molar-refractivity contribution < 1.29 is 0 Å². The van der Waals surface area contributed by atoms with Crippen LogP contribution in [0.5, 0.6) is 0 Å². The predicted molar refractivity (Wildman–Crippen MR) is 100 cm³/mol. The van der Waals surface area contributed by atoms with Crippen LogP contribution in [0.4, 0.5) is 5.69 Å². The fourth-order valence-electron chi connectivity index (χ4n) is 2.71. The Labute approximate surface area is 140 Å². The molecule has 1 aromatic rings. The standard InChI is InChI=1S/C19H30N4/c1-3-20-19(22-17-11-7-8-12-17)21-15-9-10-16-23(2)18-13-5-4-6-14-18/h4-8,13-14,17H,3,9-12,15-16H2,1-2H3,(H2,20,21,22). The average molecular weight is 314 g/mol. The first-order chi connectivity index (χ1) is 11.3. The van der Waals surface area contributed by atoms with Crippen LogP contribution in [0.2, 0.25) is 0 Å². The van der Waals surface area contributed by atoms with Crippen LogP contribution in [0, 0.1) is 0 Å². The van der Waals surface area contributed by atoms with Crippen LogP contribution in [0.3, 0.4) is 0 Å². The van der Waals surface area contributed by atoms with Gasteiger partial charge in [-0.2, -0.15) is 0 Å². The zero-order valence-electron chi connectivity index (χ0n) is 14.5. The highest BCUT2D eigenvalue weighted by Crippen LogP contribution is 2.11. The topological polar surface area (TPSA) is 39.7 Å². The molecule has 0 aliphatic heterocycles. The summed E-state index contributed by atoms with van der Waals surface area (Å²) in [5.74, 6) is 0.956. The average Bonchev–Trinajstić information content (AvgIpc) is 3.08. The molecule has 0 heterocycles.